The van der Waals surface area contributed by atoms with Crippen molar-refractivity contribution >= 4 is 12.4 Å². The Balaban J connectivity index is 0.00000264. The average molecular weight is 344 g/mol. The molecule has 0 radical (unpaired) electrons. The van der Waals surface area contributed by atoms with Crippen molar-refractivity contribution in [2.45, 2.75) is 26.2 Å². The van der Waals surface area contributed by atoms with Crippen molar-refractivity contribution in [3.8, 4) is 5.75 Å². The molecule has 0 atom stereocenters. The molecule has 1 aromatic carbocycles. The Labute approximate surface area is 146 Å². The van der Waals surface area contributed by atoms with E-state index in [9.17, 15) is 0 Å². The average Bonchev–Trinajstić information content (AvgIpc) is 2.51. The van der Waals surface area contributed by atoms with E-state index in [0.29, 0.717) is 13.2 Å². The smallest absolute Gasteiger partial charge is 0.119 e. The van der Waals surface area contributed by atoms with Gasteiger partial charge in [0.05, 0.1) is 26.4 Å². The van der Waals surface area contributed by atoms with Crippen molar-refractivity contribution in [1.29, 1.82) is 0 Å². The Morgan fingerprint density at radius 1 is 1.09 bits per heavy atom. The summed E-state index contributed by atoms with van der Waals surface area (Å²) in [5, 5.41) is 0. The molecule has 1 saturated heterocycles. The van der Waals surface area contributed by atoms with Gasteiger partial charge >= 0.3 is 0 Å². The molecule has 2 rings (SSSR count). The van der Waals surface area contributed by atoms with Gasteiger partial charge in [0.2, 0.25) is 0 Å². The summed E-state index contributed by atoms with van der Waals surface area (Å²) in [5.74, 6) is 0.921. The van der Waals surface area contributed by atoms with Crippen LogP contribution in [0.15, 0.2) is 24.3 Å². The van der Waals surface area contributed by atoms with Crippen LogP contribution in [0.3, 0.4) is 0 Å². The largest absolute Gasteiger partial charge is 0.491 e. The molecule has 0 aromatic heterocycles. The molecule has 1 aliphatic heterocycles. The Kier molecular flexibility index (Phi) is 8.92. The molecule has 0 amide bonds. The van der Waals surface area contributed by atoms with Crippen molar-refractivity contribution in [3.63, 3.8) is 0 Å². The Bertz CT molecular complexity index is 442. The highest BCUT2D eigenvalue weighted by Crippen LogP contribution is 2.25. The van der Waals surface area contributed by atoms with E-state index in [0.717, 1.165) is 45.2 Å². The van der Waals surface area contributed by atoms with E-state index in [1.807, 2.05) is 6.07 Å². The highest BCUT2D eigenvalue weighted by atomic mass is 35.5. The lowest BCUT2D eigenvalue weighted by Crippen LogP contribution is -2.38. The maximum Gasteiger partial charge on any atom is 0.119 e. The number of hydrogen-bond donors (Lipinski definition) is 0. The molecule has 1 heterocycles. The first-order valence-electron chi connectivity index (χ1n) is 8.17. The molecular weight excluding hydrogens is 314 g/mol. The lowest BCUT2D eigenvalue weighted by Gasteiger charge is -2.26. The summed E-state index contributed by atoms with van der Waals surface area (Å²) in [7, 11) is 0. The van der Waals surface area contributed by atoms with Gasteiger partial charge in [0.15, 0.2) is 0 Å². The summed E-state index contributed by atoms with van der Waals surface area (Å²) in [6, 6.07) is 8.32. The van der Waals surface area contributed by atoms with Crippen molar-refractivity contribution in [3.05, 3.63) is 29.8 Å². The number of nitrogens with zero attached hydrogens (tertiary/aromatic N) is 1. The van der Waals surface area contributed by atoms with Crippen molar-refractivity contribution in [2.75, 3.05) is 52.7 Å². The van der Waals surface area contributed by atoms with Crippen LogP contribution < -0.4 is 4.74 Å². The number of benzene rings is 1. The van der Waals surface area contributed by atoms with Crippen LogP contribution in [0.25, 0.3) is 0 Å². The second kappa shape index (κ2) is 10.1. The van der Waals surface area contributed by atoms with Gasteiger partial charge in [-0.25, -0.2) is 0 Å². The van der Waals surface area contributed by atoms with Crippen LogP contribution in [0.4, 0.5) is 0 Å². The van der Waals surface area contributed by atoms with Crippen molar-refractivity contribution in [1.82, 2.24) is 4.90 Å². The second-order valence-electron chi connectivity index (χ2n) is 6.69. The third-order valence-corrected chi connectivity index (χ3v) is 3.85. The Hall–Kier alpha value is -0.810. The van der Waals surface area contributed by atoms with Gasteiger partial charge in [-0.2, -0.15) is 0 Å². The Morgan fingerprint density at radius 3 is 2.52 bits per heavy atom. The van der Waals surface area contributed by atoms with Gasteiger partial charge < -0.3 is 14.2 Å². The normalized spacial score (nSPS) is 16.0. The lowest BCUT2D eigenvalue weighted by molar-refractivity contribution is 0.0170. The van der Waals surface area contributed by atoms with Crippen LogP contribution >= 0.6 is 12.4 Å². The summed E-state index contributed by atoms with van der Waals surface area (Å²) < 4.78 is 16.7. The number of rotatable bonds is 7. The van der Waals surface area contributed by atoms with Crippen LogP contribution in [0.2, 0.25) is 0 Å². The molecule has 4 nitrogen and oxygen atoms in total. The molecule has 1 fully saturated rings. The van der Waals surface area contributed by atoms with Gasteiger partial charge in [-0.15, -0.1) is 12.4 Å². The maximum atomic E-state index is 5.78. The third-order valence-electron chi connectivity index (χ3n) is 3.85. The van der Waals surface area contributed by atoms with Crippen molar-refractivity contribution < 1.29 is 14.2 Å². The first kappa shape index (κ1) is 20.2. The van der Waals surface area contributed by atoms with E-state index in [4.69, 9.17) is 14.2 Å². The third kappa shape index (κ3) is 7.53. The first-order chi connectivity index (χ1) is 10.6. The van der Waals surface area contributed by atoms with E-state index < -0.39 is 0 Å². The molecular formula is C18H30ClNO3. The summed E-state index contributed by atoms with van der Waals surface area (Å²) in [6.45, 7) is 13.3. The number of ether oxygens (including phenoxy) is 3. The lowest BCUT2D eigenvalue weighted by atomic mass is 9.87. The fourth-order valence-corrected chi connectivity index (χ4v) is 2.39. The second-order valence-corrected chi connectivity index (χ2v) is 6.69. The Morgan fingerprint density at radius 2 is 1.83 bits per heavy atom. The monoisotopic (exact) mass is 343 g/mol. The summed E-state index contributed by atoms with van der Waals surface area (Å²) in [5.41, 5.74) is 1.44. The highest BCUT2D eigenvalue weighted by Gasteiger charge is 2.13. The molecule has 1 aromatic rings. The summed E-state index contributed by atoms with van der Waals surface area (Å²) >= 11 is 0. The zero-order chi connectivity index (χ0) is 15.8. The molecule has 0 bridgehead atoms. The van der Waals surface area contributed by atoms with E-state index in [-0.39, 0.29) is 17.8 Å². The number of hydrogen-bond acceptors (Lipinski definition) is 4. The fourth-order valence-electron chi connectivity index (χ4n) is 2.39. The molecule has 0 unspecified atom stereocenters. The van der Waals surface area contributed by atoms with Crippen LogP contribution in [-0.2, 0) is 14.9 Å². The predicted molar refractivity (Wildman–Crippen MR) is 96.0 cm³/mol. The van der Waals surface area contributed by atoms with Crippen LogP contribution in [-0.4, -0.2) is 57.6 Å². The van der Waals surface area contributed by atoms with E-state index in [1.165, 1.54) is 5.56 Å². The van der Waals surface area contributed by atoms with Gasteiger partial charge in [0, 0.05) is 19.6 Å². The SMILES string of the molecule is CC(C)(C)c1cccc(OCCOCCN2CCOCC2)c1.Cl. The standard InChI is InChI=1S/C18H29NO3.ClH/c1-18(2,3)16-5-4-6-17(15-16)22-14-13-21-12-9-19-7-10-20-11-8-19;/h4-6,15H,7-14H2,1-3H3;1H. The highest BCUT2D eigenvalue weighted by molar-refractivity contribution is 5.85. The maximum absolute atomic E-state index is 5.78. The predicted octanol–water partition coefficient (Wildman–Crippen LogP) is 3.13. The molecule has 0 saturated carbocycles. The van der Waals surface area contributed by atoms with Crippen LogP contribution in [0.1, 0.15) is 26.3 Å². The number of morpholine rings is 1. The molecule has 132 valence electrons. The zero-order valence-electron chi connectivity index (χ0n) is 14.5. The van der Waals surface area contributed by atoms with Crippen molar-refractivity contribution in [2.24, 2.45) is 0 Å². The zero-order valence-corrected chi connectivity index (χ0v) is 15.4. The van der Waals surface area contributed by atoms with E-state index in [2.05, 4.69) is 43.9 Å². The van der Waals surface area contributed by atoms with Gasteiger partial charge in [-0.3, -0.25) is 4.90 Å². The number of halogens is 1. The quantitative estimate of drug-likeness (QED) is 0.712. The van der Waals surface area contributed by atoms with Crippen LogP contribution in [0, 0.1) is 0 Å². The summed E-state index contributed by atoms with van der Waals surface area (Å²) in [4.78, 5) is 2.37. The topological polar surface area (TPSA) is 30.9 Å². The molecule has 0 N–H and O–H groups in total. The van der Waals surface area contributed by atoms with E-state index in [1.54, 1.807) is 0 Å². The van der Waals surface area contributed by atoms with Gasteiger partial charge in [-0.05, 0) is 23.1 Å². The van der Waals surface area contributed by atoms with Gasteiger partial charge in [0.25, 0.3) is 0 Å². The van der Waals surface area contributed by atoms with E-state index >= 15 is 0 Å². The van der Waals surface area contributed by atoms with Crippen LogP contribution in [0.5, 0.6) is 5.75 Å². The minimum atomic E-state index is 0. The minimum absolute atomic E-state index is 0. The summed E-state index contributed by atoms with van der Waals surface area (Å²) in [6.07, 6.45) is 0. The molecule has 5 heteroatoms. The van der Waals surface area contributed by atoms with Gasteiger partial charge in [-0.1, -0.05) is 32.9 Å². The molecule has 23 heavy (non-hydrogen) atoms. The molecule has 1 aliphatic rings. The molecule has 0 spiro atoms. The minimum Gasteiger partial charge on any atom is -0.491 e. The first-order valence-corrected chi connectivity index (χ1v) is 8.17. The molecule has 0 aliphatic carbocycles. The van der Waals surface area contributed by atoms with Gasteiger partial charge in [0.1, 0.15) is 12.4 Å². The fraction of sp³-hybridized carbons (Fsp3) is 0.667.